The summed E-state index contributed by atoms with van der Waals surface area (Å²) in [7, 11) is 4.54. The Balaban J connectivity index is 2.03. The zero-order valence-electron chi connectivity index (χ0n) is 17.5. The van der Waals surface area contributed by atoms with Gasteiger partial charge in [0, 0.05) is 11.4 Å². The average Bonchev–Trinajstić information content (AvgIpc) is 3.12. The summed E-state index contributed by atoms with van der Waals surface area (Å²) in [4.78, 5) is 29.2. The van der Waals surface area contributed by atoms with E-state index in [1.54, 1.807) is 19.1 Å². The number of nitrogens with zero attached hydrogens (tertiary/aromatic N) is 1. The van der Waals surface area contributed by atoms with Gasteiger partial charge in [-0.1, -0.05) is 6.92 Å². The van der Waals surface area contributed by atoms with Crippen LogP contribution in [0.2, 0.25) is 0 Å². The molecule has 0 bridgehead atoms. The quantitative estimate of drug-likeness (QED) is 0.666. The zero-order valence-corrected chi connectivity index (χ0v) is 18.4. The molecule has 3 rings (SSSR count). The molecule has 29 heavy (non-hydrogen) atoms. The number of carbonyl (C=O) groups is 2. The fourth-order valence-electron chi connectivity index (χ4n) is 3.85. The lowest BCUT2D eigenvalue weighted by atomic mass is 9.89. The smallest absolute Gasteiger partial charge is 0.307 e. The summed E-state index contributed by atoms with van der Waals surface area (Å²) >= 11 is 1.51. The van der Waals surface area contributed by atoms with Crippen molar-refractivity contribution >= 4 is 23.2 Å². The molecule has 1 aliphatic rings. The van der Waals surface area contributed by atoms with E-state index >= 15 is 0 Å². The van der Waals surface area contributed by atoms with Gasteiger partial charge in [-0.2, -0.15) is 0 Å². The first-order valence-electron chi connectivity index (χ1n) is 9.65. The second kappa shape index (κ2) is 8.86. The van der Waals surface area contributed by atoms with Crippen molar-refractivity contribution in [2.75, 3.05) is 27.9 Å². The molecule has 6 nitrogen and oxygen atoms in total. The minimum Gasteiger partial charge on any atom is -0.493 e. The molecule has 1 atom stereocenters. The maximum Gasteiger partial charge on any atom is 0.307 e. The SMILES string of the molecule is CCc1cc(C(=O)N2CCc3cc(OC)c(OC)cc3[C@H]2CC(=O)OC)sc1C. The van der Waals surface area contributed by atoms with E-state index in [0.717, 1.165) is 22.4 Å². The number of carbonyl (C=O) groups excluding carboxylic acids is 2. The Morgan fingerprint density at radius 3 is 2.41 bits per heavy atom. The predicted octanol–water partition coefficient (Wildman–Crippen LogP) is 3.94. The summed E-state index contributed by atoms with van der Waals surface area (Å²) < 4.78 is 15.8. The summed E-state index contributed by atoms with van der Waals surface area (Å²) in [5, 5.41) is 0. The van der Waals surface area contributed by atoms with Crippen LogP contribution in [0.25, 0.3) is 0 Å². The second-order valence-electron chi connectivity index (χ2n) is 7.00. The van der Waals surface area contributed by atoms with Gasteiger partial charge in [-0.05, 0) is 54.7 Å². The van der Waals surface area contributed by atoms with Crippen molar-refractivity contribution in [1.29, 1.82) is 0 Å². The highest BCUT2D eigenvalue weighted by molar-refractivity contribution is 7.14. The van der Waals surface area contributed by atoms with Crippen LogP contribution in [0.15, 0.2) is 18.2 Å². The van der Waals surface area contributed by atoms with Gasteiger partial charge in [0.15, 0.2) is 11.5 Å². The Morgan fingerprint density at radius 2 is 1.83 bits per heavy atom. The molecule has 0 unspecified atom stereocenters. The van der Waals surface area contributed by atoms with E-state index in [1.807, 2.05) is 25.1 Å². The van der Waals surface area contributed by atoms with Gasteiger partial charge in [-0.25, -0.2) is 0 Å². The average molecular weight is 418 g/mol. The van der Waals surface area contributed by atoms with E-state index < -0.39 is 6.04 Å². The molecule has 1 amide bonds. The van der Waals surface area contributed by atoms with Crippen molar-refractivity contribution in [1.82, 2.24) is 4.90 Å². The predicted molar refractivity (Wildman–Crippen MR) is 112 cm³/mol. The lowest BCUT2D eigenvalue weighted by Crippen LogP contribution is -2.41. The molecule has 0 fully saturated rings. The first-order chi connectivity index (χ1) is 13.9. The van der Waals surface area contributed by atoms with Gasteiger partial charge in [0.05, 0.1) is 38.7 Å². The van der Waals surface area contributed by atoms with Crippen LogP contribution < -0.4 is 9.47 Å². The maximum atomic E-state index is 13.4. The number of hydrogen-bond donors (Lipinski definition) is 0. The minimum absolute atomic E-state index is 0.0489. The largest absolute Gasteiger partial charge is 0.493 e. The number of thiophene rings is 1. The van der Waals surface area contributed by atoms with Crippen LogP contribution in [0.5, 0.6) is 11.5 Å². The van der Waals surface area contributed by atoms with Crippen molar-refractivity contribution in [3.05, 3.63) is 44.6 Å². The van der Waals surface area contributed by atoms with Crippen LogP contribution in [-0.2, 0) is 22.4 Å². The van der Waals surface area contributed by atoms with Gasteiger partial charge in [-0.15, -0.1) is 11.3 Å². The molecular formula is C22H27NO5S. The van der Waals surface area contributed by atoms with Gasteiger partial charge < -0.3 is 19.1 Å². The first kappa shape index (κ1) is 21.2. The summed E-state index contributed by atoms with van der Waals surface area (Å²) in [5.74, 6) is 0.819. The molecular weight excluding hydrogens is 390 g/mol. The van der Waals surface area contributed by atoms with Gasteiger partial charge in [-0.3, -0.25) is 9.59 Å². The third-order valence-corrected chi connectivity index (χ3v) is 6.54. The highest BCUT2D eigenvalue weighted by Gasteiger charge is 2.35. The Kier molecular flexibility index (Phi) is 6.47. The lowest BCUT2D eigenvalue weighted by molar-refractivity contribution is -0.141. The van der Waals surface area contributed by atoms with E-state index in [1.165, 1.54) is 24.0 Å². The van der Waals surface area contributed by atoms with Gasteiger partial charge in [0.2, 0.25) is 0 Å². The van der Waals surface area contributed by atoms with Crippen molar-refractivity contribution < 1.29 is 23.8 Å². The number of esters is 1. The van der Waals surface area contributed by atoms with Crippen LogP contribution in [0, 0.1) is 6.92 Å². The number of hydrogen-bond acceptors (Lipinski definition) is 6. The van der Waals surface area contributed by atoms with Crippen LogP contribution in [-0.4, -0.2) is 44.7 Å². The molecule has 2 heterocycles. The van der Waals surface area contributed by atoms with Crippen LogP contribution >= 0.6 is 11.3 Å². The molecule has 0 saturated heterocycles. The number of amides is 1. The first-order valence-corrected chi connectivity index (χ1v) is 10.5. The van der Waals surface area contributed by atoms with E-state index in [0.29, 0.717) is 29.3 Å². The van der Waals surface area contributed by atoms with E-state index in [-0.39, 0.29) is 18.3 Å². The minimum atomic E-state index is -0.411. The molecule has 7 heteroatoms. The van der Waals surface area contributed by atoms with Gasteiger partial charge >= 0.3 is 5.97 Å². The maximum absolute atomic E-state index is 13.4. The van der Waals surface area contributed by atoms with E-state index in [2.05, 4.69) is 6.92 Å². The Hall–Kier alpha value is -2.54. The summed E-state index contributed by atoms with van der Waals surface area (Å²) in [6, 6.07) is 5.37. The summed E-state index contributed by atoms with van der Waals surface area (Å²) in [6.07, 6.45) is 1.67. The number of fused-ring (bicyclic) bond motifs is 1. The van der Waals surface area contributed by atoms with Crippen LogP contribution in [0.4, 0.5) is 0 Å². The number of methoxy groups -OCH3 is 3. The Bertz CT molecular complexity index is 920. The third kappa shape index (κ3) is 4.10. The molecule has 0 N–H and O–H groups in total. The zero-order chi connectivity index (χ0) is 21.1. The van der Waals surface area contributed by atoms with Crippen molar-refractivity contribution in [2.45, 2.75) is 39.2 Å². The van der Waals surface area contributed by atoms with Crippen LogP contribution in [0.3, 0.4) is 0 Å². The molecule has 0 radical (unpaired) electrons. The molecule has 156 valence electrons. The number of rotatable bonds is 6. The highest BCUT2D eigenvalue weighted by atomic mass is 32.1. The third-order valence-electron chi connectivity index (χ3n) is 5.46. The monoisotopic (exact) mass is 417 g/mol. The number of benzene rings is 1. The summed E-state index contributed by atoms with van der Waals surface area (Å²) in [5.41, 5.74) is 3.14. The van der Waals surface area contributed by atoms with Crippen molar-refractivity contribution in [3.8, 4) is 11.5 Å². The number of aryl methyl sites for hydroxylation is 2. The molecule has 1 aliphatic heterocycles. The Labute approximate surface area is 175 Å². The molecule has 1 aromatic carbocycles. The molecule has 0 spiro atoms. The molecule has 2 aromatic rings. The highest BCUT2D eigenvalue weighted by Crippen LogP contribution is 2.40. The molecule has 1 aromatic heterocycles. The van der Waals surface area contributed by atoms with Crippen molar-refractivity contribution in [2.24, 2.45) is 0 Å². The van der Waals surface area contributed by atoms with Gasteiger partial charge in [0.1, 0.15) is 0 Å². The lowest BCUT2D eigenvalue weighted by Gasteiger charge is -2.37. The normalized spacial score (nSPS) is 15.6. The van der Waals surface area contributed by atoms with E-state index in [9.17, 15) is 9.59 Å². The summed E-state index contributed by atoms with van der Waals surface area (Å²) in [6.45, 7) is 4.65. The Morgan fingerprint density at radius 1 is 1.14 bits per heavy atom. The fraction of sp³-hybridized carbons (Fsp3) is 0.455. The standard InChI is InChI=1S/C22H27NO5S/c1-6-14-10-20(29-13(14)2)22(25)23-8-7-15-9-18(26-3)19(27-4)11-16(15)17(23)12-21(24)28-5/h9-11,17H,6-8,12H2,1-5H3/t17-/m1/s1. The number of ether oxygens (including phenoxy) is 3. The molecule has 0 aliphatic carbocycles. The topological polar surface area (TPSA) is 65.1 Å². The van der Waals surface area contributed by atoms with Gasteiger partial charge in [0.25, 0.3) is 5.91 Å². The van der Waals surface area contributed by atoms with Crippen molar-refractivity contribution in [3.63, 3.8) is 0 Å². The fourth-order valence-corrected chi connectivity index (χ4v) is 4.92. The van der Waals surface area contributed by atoms with Crippen LogP contribution in [0.1, 0.15) is 50.6 Å². The molecule has 0 saturated carbocycles. The second-order valence-corrected chi connectivity index (χ2v) is 8.25. The van der Waals surface area contributed by atoms with E-state index in [4.69, 9.17) is 14.2 Å².